The molecule has 4 unspecified atom stereocenters. The first-order chi connectivity index (χ1) is 30.3. The molecule has 0 aliphatic heterocycles. The number of rotatable bonds is 16. The average molecular weight is 855 g/mol. The number of benzene rings is 3. The van der Waals surface area contributed by atoms with Crippen LogP contribution in [0.5, 0.6) is 0 Å². The van der Waals surface area contributed by atoms with Gasteiger partial charge in [-0.15, -0.1) is 0 Å². The summed E-state index contributed by atoms with van der Waals surface area (Å²) < 4.78 is 13.6. The van der Waals surface area contributed by atoms with E-state index in [9.17, 15) is 9.59 Å². The number of carbonyl (C=O) groups excluding carboxylic acids is 2. The first kappa shape index (κ1) is 46.8. The van der Waals surface area contributed by atoms with E-state index in [1.54, 1.807) is 11.9 Å². The molecule has 6 heteroatoms. The molecule has 0 bridgehead atoms. The molecule has 7 rings (SSSR count). The summed E-state index contributed by atoms with van der Waals surface area (Å²) in [7, 11) is 1.65. The van der Waals surface area contributed by atoms with Gasteiger partial charge in [-0.05, 0) is 134 Å². The van der Waals surface area contributed by atoms with Gasteiger partial charge in [-0.2, -0.15) is 0 Å². The van der Waals surface area contributed by atoms with Crippen LogP contribution in [0.25, 0.3) is 0 Å². The Kier molecular flexibility index (Phi) is 14.8. The lowest BCUT2D eigenvalue weighted by Crippen LogP contribution is -2.51. The summed E-state index contributed by atoms with van der Waals surface area (Å²) in [4.78, 5) is 29.8. The van der Waals surface area contributed by atoms with Gasteiger partial charge in [-0.3, -0.25) is 4.79 Å². The number of ether oxygens (including phenoxy) is 2. The largest absolute Gasteiger partial charge is 0.446 e. The summed E-state index contributed by atoms with van der Waals surface area (Å²) >= 11 is 0. The third-order valence-electron chi connectivity index (χ3n) is 17.0. The van der Waals surface area contributed by atoms with Crippen molar-refractivity contribution in [1.82, 2.24) is 10.2 Å². The van der Waals surface area contributed by atoms with Crippen LogP contribution in [-0.2, 0) is 19.9 Å². The van der Waals surface area contributed by atoms with E-state index in [0.717, 1.165) is 60.1 Å². The fourth-order valence-electron chi connectivity index (χ4n) is 13.3. The first-order valence-electron chi connectivity index (χ1n) is 24.6. The van der Waals surface area contributed by atoms with Crippen molar-refractivity contribution in [2.24, 2.45) is 58.2 Å². The molecule has 0 saturated heterocycles. The number of hydrogen-bond donors (Lipinski definition) is 1. The van der Waals surface area contributed by atoms with Gasteiger partial charge in [0.15, 0.2) is 0 Å². The van der Waals surface area contributed by atoms with Gasteiger partial charge in [0, 0.05) is 26.1 Å². The third kappa shape index (κ3) is 9.36. The highest BCUT2D eigenvalue weighted by atomic mass is 16.6. The predicted molar refractivity (Wildman–Crippen MR) is 257 cm³/mol. The van der Waals surface area contributed by atoms with Crippen molar-refractivity contribution in [2.45, 2.75) is 131 Å². The van der Waals surface area contributed by atoms with Crippen LogP contribution in [-0.4, -0.2) is 49.2 Å². The Bertz CT molecular complexity index is 1930. The Hall–Kier alpha value is -4.16. The van der Waals surface area contributed by atoms with Crippen molar-refractivity contribution in [3.63, 3.8) is 0 Å². The highest BCUT2D eigenvalue weighted by Crippen LogP contribution is 2.67. The number of fused-ring (bicyclic) bond motifs is 5. The lowest BCUT2D eigenvalue weighted by Gasteiger charge is -2.58. The molecule has 3 aromatic carbocycles. The molecule has 4 aliphatic carbocycles. The SMILES string of the molecule is CC[C@H](C=C[C@@H](C)[C@H]1CCC2C3CC=C4C[C@@H](OC(=O)N(CC(COC(c5ccccc5)(c5ccccc5)c5ccccc5)C(=O)NC)C(C)C)CC[C@]4(C)C3CC[C@@]21C)C(C)C. The molecule has 1 N–H and O–H groups in total. The third-order valence-corrected chi connectivity index (χ3v) is 17.0. The van der Waals surface area contributed by atoms with Gasteiger partial charge in [-0.25, -0.2) is 4.79 Å². The number of amides is 2. The summed E-state index contributed by atoms with van der Waals surface area (Å²) in [5.41, 5.74) is 3.97. The Morgan fingerprint density at radius 2 is 1.41 bits per heavy atom. The van der Waals surface area contributed by atoms with E-state index >= 15 is 0 Å². The van der Waals surface area contributed by atoms with Gasteiger partial charge in [0.25, 0.3) is 0 Å². The van der Waals surface area contributed by atoms with Crippen LogP contribution in [0, 0.1) is 58.2 Å². The molecule has 0 radical (unpaired) electrons. The highest BCUT2D eigenvalue weighted by Gasteiger charge is 2.59. The molecular formula is C57H78N2O4. The van der Waals surface area contributed by atoms with E-state index in [-0.39, 0.29) is 42.7 Å². The number of allylic oxidation sites excluding steroid dienone is 3. The van der Waals surface area contributed by atoms with Crippen LogP contribution in [0.3, 0.4) is 0 Å². The molecule has 340 valence electrons. The van der Waals surface area contributed by atoms with E-state index in [0.29, 0.717) is 29.1 Å². The molecule has 4 aliphatic rings. The van der Waals surface area contributed by atoms with Gasteiger partial charge in [0.2, 0.25) is 5.91 Å². The molecule has 0 heterocycles. The lowest BCUT2D eigenvalue weighted by atomic mass is 9.47. The van der Waals surface area contributed by atoms with Gasteiger partial charge >= 0.3 is 6.09 Å². The number of carbonyl (C=O) groups is 2. The summed E-state index contributed by atoms with van der Waals surface area (Å²) in [6.07, 6.45) is 17.6. The molecule has 2 amide bonds. The zero-order valence-corrected chi connectivity index (χ0v) is 40.0. The lowest BCUT2D eigenvalue weighted by molar-refractivity contribution is -0.129. The summed E-state index contributed by atoms with van der Waals surface area (Å²) in [5.74, 6) is 4.13. The smallest absolute Gasteiger partial charge is 0.410 e. The quantitative estimate of drug-likeness (QED) is 0.115. The van der Waals surface area contributed by atoms with Crippen LogP contribution in [0.15, 0.2) is 115 Å². The van der Waals surface area contributed by atoms with Crippen molar-refractivity contribution in [2.75, 3.05) is 20.2 Å². The summed E-state index contributed by atoms with van der Waals surface area (Å²) in [6, 6.07) is 30.4. The topological polar surface area (TPSA) is 67.9 Å². The minimum Gasteiger partial charge on any atom is -0.446 e. The molecule has 0 aromatic heterocycles. The molecule has 10 atom stereocenters. The molecule has 3 saturated carbocycles. The number of nitrogens with zero attached hydrogens (tertiary/aromatic N) is 1. The maximum absolute atomic E-state index is 14.3. The van der Waals surface area contributed by atoms with E-state index < -0.39 is 11.5 Å². The second-order valence-corrected chi connectivity index (χ2v) is 20.9. The maximum Gasteiger partial charge on any atom is 0.410 e. The fraction of sp³-hybridized carbons (Fsp3) is 0.579. The molecule has 0 spiro atoms. The van der Waals surface area contributed by atoms with E-state index in [4.69, 9.17) is 9.47 Å². The minimum atomic E-state index is -0.988. The van der Waals surface area contributed by atoms with Crippen LogP contribution < -0.4 is 5.32 Å². The van der Waals surface area contributed by atoms with Crippen LogP contribution in [0.2, 0.25) is 0 Å². The first-order valence-corrected chi connectivity index (χ1v) is 24.6. The van der Waals surface area contributed by atoms with Crippen LogP contribution in [0.1, 0.15) is 130 Å². The standard InChI is InChI=1S/C57H78N2O4/c1-10-42(39(2)3)27-26-41(6)50-30-31-51-49-29-28-47-36-48(32-34-55(47,7)52(49)33-35-56(50,51)8)63-54(61)59(40(4)5)37-43(53(60)58-9)38-62-57(44-20-14-11-15-21-44,45-22-16-12-17-23-45)46-24-18-13-19-25-46/h11-28,39-43,48-52H,10,29-38H2,1-9H3,(H,58,60)/t41-,42-,43?,48+,49?,50-,51?,52?,55+,56-/m1/s1. The fourth-order valence-corrected chi connectivity index (χ4v) is 13.3. The van der Waals surface area contributed by atoms with E-state index in [2.05, 4.69) is 101 Å². The van der Waals surface area contributed by atoms with Crippen molar-refractivity contribution >= 4 is 12.0 Å². The van der Waals surface area contributed by atoms with Crippen molar-refractivity contribution in [3.8, 4) is 0 Å². The highest BCUT2D eigenvalue weighted by molar-refractivity contribution is 5.79. The number of hydrogen-bond acceptors (Lipinski definition) is 4. The Balaban J connectivity index is 1.04. The van der Waals surface area contributed by atoms with Crippen molar-refractivity contribution in [1.29, 1.82) is 0 Å². The second-order valence-electron chi connectivity index (χ2n) is 20.9. The molecule has 3 aromatic rings. The predicted octanol–water partition coefficient (Wildman–Crippen LogP) is 13.0. The molecule has 6 nitrogen and oxygen atoms in total. The maximum atomic E-state index is 14.3. The molecule has 3 fully saturated rings. The van der Waals surface area contributed by atoms with Crippen LogP contribution >= 0.6 is 0 Å². The summed E-state index contributed by atoms with van der Waals surface area (Å²) in [5, 5.41) is 2.87. The van der Waals surface area contributed by atoms with Gasteiger partial charge in [-0.1, -0.05) is 156 Å². The second kappa shape index (κ2) is 19.9. The van der Waals surface area contributed by atoms with Gasteiger partial charge < -0.3 is 19.7 Å². The molecular weight excluding hydrogens is 777 g/mol. The monoisotopic (exact) mass is 855 g/mol. The van der Waals surface area contributed by atoms with Crippen LogP contribution in [0.4, 0.5) is 4.79 Å². The number of nitrogens with one attached hydrogen (secondary N) is 1. The Morgan fingerprint density at radius 1 is 0.810 bits per heavy atom. The van der Waals surface area contributed by atoms with E-state index in [1.165, 1.54) is 37.7 Å². The summed E-state index contributed by atoms with van der Waals surface area (Å²) in [6.45, 7) is 19.0. The van der Waals surface area contributed by atoms with Gasteiger partial charge in [0.05, 0.1) is 12.5 Å². The normalized spacial score (nSPS) is 28.4. The Labute approximate surface area is 380 Å². The van der Waals surface area contributed by atoms with E-state index in [1.807, 2.05) is 68.4 Å². The van der Waals surface area contributed by atoms with Crippen molar-refractivity contribution < 1.29 is 19.1 Å². The van der Waals surface area contributed by atoms with Crippen molar-refractivity contribution in [3.05, 3.63) is 131 Å². The molecule has 63 heavy (non-hydrogen) atoms. The van der Waals surface area contributed by atoms with Gasteiger partial charge in [0.1, 0.15) is 11.7 Å². The Morgan fingerprint density at radius 3 is 1.95 bits per heavy atom. The minimum absolute atomic E-state index is 0.0833. The zero-order chi connectivity index (χ0) is 44.9. The average Bonchev–Trinajstić information content (AvgIpc) is 3.65. The zero-order valence-electron chi connectivity index (χ0n) is 40.0.